The summed E-state index contributed by atoms with van der Waals surface area (Å²) in [6, 6.07) is 0. The van der Waals surface area contributed by atoms with Crippen LogP contribution in [-0.4, -0.2) is 9.97 Å². The van der Waals surface area contributed by atoms with Crippen LogP contribution in [0, 0.1) is 0 Å². The van der Waals surface area contributed by atoms with Crippen molar-refractivity contribution >= 4 is 22.7 Å². The van der Waals surface area contributed by atoms with Gasteiger partial charge in [0.15, 0.2) is 10.0 Å². The minimum absolute atomic E-state index is 1.00. The lowest BCUT2D eigenvalue weighted by Crippen LogP contribution is -1.81. The highest BCUT2D eigenvalue weighted by atomic mass is 32.1. The molecule has 0 saturated heterocycles. The minimum Gasteiger partial charge on any atom is -0.239 e. The first-order valence-corrected chi connectivity index (χ1v) is 6.48. The van der Waals surface area contributed by atoms with Gasteiger partial charge in [0.05, 0.1) is 11.4 Å². The van der Waals surface area contributed by atoms with Crippen LogP contribution in [0.4, 0.5) is 0 Å². The highest BCUT2D eigenvalue weighted by Crippen LogP contribution is 2.27. The summed E-state index contributed by atoms with van der Waals surface area (Å²) in [6.07, 6.45) is 2.00. The standard InChI is InChI=1S/C10H12N2S2/c1-3-7-5-13-9(11-7)10-12-8(4-2)6-14-10/h5-6H,3-4H2,1-2H3. The van der Waals surface area contributed by atoms with Crippen molar-refractivity contribution in [2.45, 2.75) is 26.7 Å². The van der Waals surface area contributed by atoms with Gasteiger partial charge in [-0.2, -0.15) is 0 Å². The molecule has 0 atom stereocenters. The van der Waals surface area contributed by atoms with Crippen molar-refractivity contribution in [3.05, 3.63) is 22.1 Å². The topological polar surface area (TPSA) is 25.8 Å². The molecule has 74 valence electrons. The minimum atomic E-state index is 1.00. The second-order valence-electron chi connectivity index (χ2n) is 3.00. The van der Waals surface area contributed by atoms with E-state index in [4.69, 9.17) is 0 Å². The molecule has 0 aliphatic carbocycles. The normalized spacial score (nSPS) is 10.7. The lowest BCUT2D eigenvalue weighted by atomic mass is 10.4. The van der Waals surface area contributed by atoms with Crippen LogP contribution in [0.25, 0.3) is 10.0 Å². The second-order valence-corrected chi connectivity index (χ2v) is 4.71. The van der Waals surface area contributed by atoms with E-state index in [1.807, 2.05) is 0 Å². The largest absolute Gasteiger partial charge is 0.239 e. The SMILES string of the molecule is CCc1csc(-c2nc(CC)cs2)n1. The van der Waals surface area contributed by atoms with Gasteiger partial charge in [-0.15, -0.1) is 22.7 Å². The lowest BCUT2D eigenvalue weighted by Gasteiger charge is -1.87. The fraction of sp³-hybridized carbons (Fsp3) is 0.400. The summed E-state index contributed by atoms with van der Waals surface area (Å²) in [5, 5.41) is 6.35. The van der Waals surface area contributed by atoms with Gasteiger partial charge in [0.25, 0.3) is 0 Å². The van der Waals surface area contributed by atoms with Crippen molar-refractivity contribution < 1.29 is 0 Å². The summed E-state index contributed by atoms with van der Waals surface area (Å²) in [4.78, 5) is 9.03. The predicted octanol–water partition coefficient (Wildman–Crippen LogP) is 3.39. The third-order valence-corrected chi connectivity index (χ3v) is 3.94. The maximum atomic E-state index is 4.51. The van der Waals surface area contributed by atoms with E-state index in [9.17, 15) is 0 Å². The van der Waals surface area contributed by atoms with Crippen molar-refractivity contribution in [1.29, 1.82) is 0 Å². The number of aryl methyl sites for hydroxylation is 2. The van der Waals surface area contributed by atoms with Gasteiger partial charge in [0.2, 0.25) is 0 Å². The zero-order valence-corrected chi connectivity index (χ0v) is 9.91. The molecule has 2 aromatic rings. The van der Waals surface area contributed by atoms with E-state index < -0.39 is 0 Å². The molecule has 0 spiro atoms. The monoisotopic (exact) mass is 224 g/mol. The van der Waals surface area contributed by atoms with Crippen LogP contribution in [0.3, 0.4) is 0 Å². The molecule has 2 rings (SSSR count). The van der Waals surface area contributed by atoms with Gasteiger partial charge in [-0.1, -0.05) is 13.8 Å². The van der Waals surface area contributed by atoms with Gasteiger partial charge in [-0.25, -0.2) is 9.97 Å². The highest BCUT2D eigenvalue weighted by molar-refractivity contribution is 7.19. The van der Waals surface area contributed by atoms with Gasteiger partial charge >= 0.3 is 0 Å². The first kappa shape index (κ1) is 9.80. The second kappa shape index (κ2) is 4.19. The molecule has 0 aromatic carbocycles. The lowest BCUT2D eigenvalue weighted by molar-refractivity contribution is 1.05. The summed E-state index contributed by atoms with van der Waals surface area (Å²) in [5.41, 5.74) is 2.33. The van der Waals surface area contributed by atoms with Gasteiger partial charge in [-0.05, 0) is 12.8 Å². The molecule has 0 aliphatic rings. The summed E-state index contributed by atoms with van der Waals surface area (Å²) in [5.74, 6) is 0. The maximum Gasteiger partial charge on any atom is 0.152 e. The molecule has 14 heavy (non-hydrogen) atoms. The fourth-order valence-corrected chi connectivity index (χ4v) is 2.99. The summed E-state index contributed by atoms with van der Waals surface area (Å²) in [6.45, 7) is 4.25. The molecule has 0 saturated carbocycles. The number of nitrogens with zero attached hydrogens (tertiary/aromatic N) is 2. The molecule has 2 heterocycles. The Morgan fingerprint density at radius 3 is 1.64 bits per heavy atom. The maximum absolute atomic E-state index is 4.51. The molecular weight excluding hydrogens is 212 g/mol. The molecule has 4 heteroatoms. The molecule has 0 radical (unpaired) electrons. The number of hydrogen-bond acceptors (Lipinski definition) is 4. The third-order valence-electron chi connectivity index (χ3n) is 2.01. The first-order valence-electron chi connectivity index (χ1n) is 4.72. The van der Waals surface area contributed by atoms with Crippen LogP contribution in [0.1, 0.15) is 25.2 Å². The Labute approximate surface area is 91.7 Å². The van der Waals surface area contributed by atoms with Crippen LogP contribution >= 0.6 is 22.7 Å². The number of thiazole rings is 2. The fourth-order valence-electron chi connectivity index (χ4n) is 1.14. The molecule has 0 aliphatic heterocycles. The van der Waals surface area contributed by atoms with E-state index >= 15 is 0 Å². The van der Waals surface area contributed by atoms with Crippen molar-refractivity contribution in [2.75, 3.05) is 0 Å². The van der Waals surface area contributed by atoms with Crippen molar-refractivity contribution in [3.63, 3.8) is 0 Å². The Balaban J connectivity index is 2.29. The molecular formula is C10H12N2S2. The quantitative estimate of drug-likeness (QED) is 0.798. The Hall–Kier alpha value is -0.740. The van der Waals surface area contributed by atoms with Crippen LogP contribution in [0.15, 0.2) is 10.8 Å². The average Bonchev–Trinajstić information content (AvgIpc) is 2.86. The highest BCUT2D eigenvalue weighted by Gasteiger charge is 2.07. The molecule has 0 bridgehead atoms. The molecule has 0 fully saturated rings. The number of rotatable bonds is 3. The predicted molar refractivity (Wildman–Crippen MR) is 62.0 cm³/mol. The Bertz CT molecular complexity index is 377. The van der Waals surface area contributed by atoms with E-state index in [2.05, 4.69) is 34.6 Å². The van der Waals surface area contributed by atoms with E-state index in [0.29, 0.717) is 0 Å². The average molecular weight is 224 g/mol. The smallest absolute Gasteiger partial charge is 0.152 e. The Kier molecular flexibility index (Phi) is 2.93. The molecule has 0 unspecified atom stereocenters. The van der Waals surface area contributed by atoms with Crippen LogP contribution < -0.4 is 0 Å². The molecule has 0 N–H and O–H groups in total. The molecule has 2 nitrogen and oxygen atoms in total. The number of hydrogen-bond donors (Lipinski definition) is 0. The van der Waals surface area contributed by atoms with Crippen LogP contribution in [-0.2, 0) is 12.8 Å². The van der Waals surface area contributed by atoms with Crippen molar-refractivity contribution in [1.82, 2.24) is 9.97 Å². The van der Waals surface area contributed by atoms with E-state index in [1.165, 1.54) is 11.4 Å². The molecule has 0 amide bonds. The van der Waals surface area contributed by atoms with E-state index in [0.717, 1.165) is 22.9 Å². The zero-order chi connectivity index (χ0) is 9.97. The summed E-state index contributed by atoms with van der Waals surface area (Å²) >= 11 is 3.38. The summed E-state index contributed by atoms with van der Waals surface area (Å²) < 4.78 is 0. The van der Waals surface area contributed by atoms with Gasteiger partial charge in [0, 0.05) is 10.8 Å². The third kappa shape index (κ3) is 1.86. The van der Waals surface area contributed by atoms with Crippen molar-refractivity contribution in [3.8, 4) is 10.0 Å². The van der Waals surface area contributed by atoms with Gasteiger partial charge in [0.1, 0.15) is 0 Å². The molecule has 2 aromatic heterocycles. The van der Waals surface area contributed by atoms with E-state index in [-0.39, 0.29) is 0 Å². The van der Waals surface area contributed by atoms with Crippen LogP contribution in [0.5, 0.6) is 0 Å². The Morgan fingerprint density at radius 1 is 0.929 bits per heavy atom. The van der Waals surface area contributed by atoms with E-state index in [1.54, 1.807) is 22.7 Å². The van der Waals surface area contributed by atoms with Gasteiger partial charge < -0.3 is 0 Å². The van der Waals surface area contributed by atoms with Crippen LogP contribution in [0.2, 0.25) is 0 Å². The van der Waals surface area contributed by atoms with Crippen molar-refractivity contribution in [2.24, 2.45) is 0 Å². The first-order chi connectivity index (χ1) is 6.83. The zero-order valence-electron chi connectivity index (χ0n) is 8.28. The Morgan fingerprint density at radius 2 is 1.36 bits per heavy atom. The number of aromatic nitrogens is 2. The van der Waals surface area contributed by atoms with Gasteiger partial charge in [-0.3, -0.25) is 0 Å². The summed E-state index contributed by atoms with van der Waals surface area (Å²) in [7, 11) is 0.